The molecule has 1 aromatic rings. The zero-order valence-corrected chi connectivity index (χ0v) is 9.23. The van der Waals surface area contributed by atoms with Gasteiger partial charge in [-0.1, -0.05) is 23.7 Å². The van der Waals surface area contributed by atoms with Crippen LogP contribution >= 0.6 is 11.6 Å². The SMILES string of the molecule is Cc1cccc(Cl)c1NCC(O)C(F)(F)F. The van der Waals surface area contributed by atoms with Gasteiger partial charge in [0, 0.05) is 6.54 Å². The quantitative estimate of drug-likeness (QED) is 0.868. The van der Waals surface area contributed by atoms with Gasteiger partial charge in [-0.25, -0.2) is 0 Å². The Balaban J connectivity index is 2.69. The van der Waals surface area contributed by atoms with E-state index < -0.39 is 18.8 Å². The van der Waals surface area contributed by atoms with Gasteiger partial charge in [-0.3, -0.25) is 0 Å². The van der Waals surface area contributed by atoms with Gasteiger partial charge in [-0.2, -0.15) is 13.2 Å². The second kappa shape index (κ2) is 4.93. The van der Waals surface area contributed by atoms with Crippen molar-refractivity contribution in [3.8, 4) is 0 Å². The highest BCUT2D eigenvalue weighted by atomic mass is 35.5. The number of hydrogen-bond donors (Lipinski definition) is 2. The first-order valence-corrected chi connectivity index (χ1v) is 4.94. The van der Waals surface area contributed by atoms with Crippen LogP contribution in [0.15, 0.2) is 18.2 Å². The Kier molecular flexibility index (Phi) is 4.04. The van der Waals surface area contributed by atoms with Gasteiger partial charge in [0.15, 0.2) is 6.10 Å². The Morgan fingerprint density at radius 1 is 1.44 bits per heavy atom. The third-order valence-electron chi connectivity index (χ3n) is 2.07. The lowest BCUT2D eigenvalue weighted by Crippen LogP contribution is -2.35. The van der Waals surface area contributed by atoms with Gasteiger partial charge in [-0.05, 0) is 18.6 Å². The van der Waals surface area contributed by atoms with E-state index >= 15 is 0 Å². The molecule has 6 heteroatoms. The van der Waals surface area contributed by atoms with E-state index in [2.05, 4.69) is 5.32 Å². The number of aliphatic hydroxyl groups is 1. The molecule has 2 nitrogen and oxygen atoms in total. The Bertz CT molecular complexity index is 347. The van der Waals surface area contributed by atoms with Crippen LogP contribution in [0.25, 0.3) is 0 Å². The predicted molar refractivity (Wildman–Crippen MR) is 56.7 cm³/mol. The number of anilines is 1. The molecule has 0 heterocycles. The standard InChI is InChI=1S/C10H11ClF3NO/c1-6-3-2-4-7(11)9(6)15-5-8(16)10(12,13)14/h2-4,8,15-16H,5H2,1H3. The molecule has 1 atom stereocenters. The molecule has 0 spiro atoms. The van der Waals surface area contributed by atoms with Crippen LogP contribution < -0.4 is 5.32 Å². The van der Waals surface area contributed by atoms with E-state index in [-0.39, 0.29) is 0 Å². The zero-order valence-electron chi connectivity index (χ0n) is 8.48. The molecule has 2 N–H and O–H groups in total. The minimum atomic E-state index is -4.62. The van der Waals surface area contributed by atoms with E-state index in [9.17, 15) is 13.2 Å². The first kappa shape index (κ1) is 13.1. The molecule has 1 aromatic carbocycles. The van der Waals surface area contributed by atoms with Crippen LogP contribution in [0, 0.1) is 6.92 Å². The second-order valence-corrected chi connectivity index (χ2v) is 3.78. The summed E-state index contributed by atoms with van der Waals surface area (Å²) in [6, 6.07) is 4.98. The van der Waals surface area contributed by atoms with Gasteiger partial charge >= 0.3 is 6.18 Å². The van der Waals surface area contributed by atoms with Gasteiger partial charge < -0.3 is 10.4 Å². The van der Waals surface area contributed by atoms with E-state index in [0.29, 0.717) is 10.7 Å². The summed E-state index contributed by atoms with van der Waals surface area (Å²) < 4.78 is 36.1. The van der Waals surface area contributed by atoms with Crippen LogP contribution in [-0.2, 0) is 0 Å². The summed E-state index contributed by atoms with van der Waals surface area (Å²) in [4.78, 5) is 0. The maximum atomic E-state index is 12.0. The molecule has 16 heavy (non-hydrogen) atoms. The molecule has 0 amide bonds. The summed E-state index contributed by atoms with van der Waals surface area (Å²) in [5.41, 5.74) is 1.13. The van der Waals surface area contributed by atoms with E-state index in [4.69, 9.17) is 16.7 Å². The number of halogens is 4. The van der Waals surface area contributed by atoms with E-state index in [1.165, 1.54) is 0 Å². The van der Waals surface area contributed by atoms with Crippen molar-refractivity contribution in [3.05, 3.63) is 28.8 Å². The highest BCUT2D eigenvalue weighted by Crippen LogP contribution is 2.26. The molecule has 0 aliphatic heterocycles. The van der Waals surface area contributed by atoms with Crippen LogP contribution in [0.4, 0.5) is 18.9 Å². The fourth-order valence-electron chi connectivity index (χ4n) is 1.17. The minimum Gasteiger partial charge on any atom is -0.382 e. The number of alkyl halides is 3. The Hall–Kier alpha value is -0.940. The topological polar surface area (TPSA) is 32.3 Å². The first-order chi connectivity index (χ1) is 7.32. The Labute approximate surface area is 96.0 Å². The summed E-state index contributed by atoms with van der Waals surface area (Å²) >= 11 is 5.80. The number of para-hydroxylation sites is 1. The normalized spacial score (nSPS) is 13.6. The Morgan fingerprint density at radius 2 is 2.06 bits per heavy atom. The summed E-state index contributed by atoms with van der Waals surface area (Å²) in [7, 11) is 0. The van der Waals surface area contributed by atoms with Gasteiger partial charge in [-0.15, -0.1) is 0 Å². The molecule has 0 radical (unpaired) electrons. The molecule has 0 aliphatic rings. The Morgan fingerprint density at radius 3 is 2.56 bits per heavy atom. The molecule has 90 valence electrons. The van der Waals surface area contributed by atoms with Crippen molar-refractivity contribution in [2.75, 3.05) is 11.9 Å². The van der Waals surface area contributed by atoms with Crippen molar-refractivity contribution in [3.63, 3.8) is 0 Å². The fraction of sp³-hybridized carbons (Fsp3) is 0.400. The molecular formula is C10H11ClF3NO. The van der Waals surface area contributed by atoms with Gasteiger partial charge in [0.2, 0.25) is 0 Å². The lowest BCUT2D eigenvalue weighted by Gasteiger charge is -2.17. The molecular weight excluding hydrogens is 243 g/mol. The summed E-state index contributed by atoms with van der Waals surface area (Å²) in [5, 5.41) is 11.6. The molecule has 0 saturated carbocycles. The summed E-state index contributed by atoms with van der Waals surface area (Å²) in [6.45, 7) is 1.10. The van der Waals surface area contributed by atoms with Crippen molar-refractivity contribution < 1.29 is 18.3 Å². The molecule has 0 bridgehead atoms. The zero-order chi connectivity index (χ0) is 12.3. The first-order valence-electron chi connectivity index (χ1n) is 4.56. The average molecular weight is 254 g/mol. The van der Waals surface area contributed by atoms with Gasteiger partial charge in [0.1, 0.15) is 0 Å². The average Bonchev–Trinajstić information content (AvgIpc) is 2.15. The van der Waals surface area contributed by atoms with Gasteiger partial charge in [0.05, 0.1) is 10.7 Å². The highest BCUT2D eigenvalue weighted by Gasteiger charge is 2.37. The van der Waals surface area contributed by atoms with E-state index in [1.807, 2.05) is 0 Å². The second-order valence-electron chi connectivity index (χ2n) is 3.37. The molecule has 0 aromatic heterocycles. The van der Waals surface area contributed by atoms with Crippen LogP contribution in [0.5, 0.6) is 0 Å². The molecule has 0 fully saturated rings. The van der Waals surface area contributed by atoms with Crippen molar-refractivity contribution in [2.24, 2.45) is 0 Å². The van der Waals surface area contributed by atoms with Crippen molar-refractivity contribution in [1.29, 1.82) is 0 Å². The van der Waals surface area contributed by atoms with Crippen molar-refractivity contribution in [2.45, 2.75) is 19.2 Å². The summed E-state index contributed by atoms with van der Waals surface area (Å²) in [6.07, 6.45) is -7.02. The van der Waals surface area contributed by atoms with E-state index in [1.54, 1.807) is 25.1 Å². The highest BCUT2D eigenvalue weighted by molar-refractivity contribution is 6.33. The van der Waals surface area contributed by atoms with E-state index in [0.717, 1.165) is 5.56 Å². The van der Waals surface area contributed by atoms with Crippen LogP contribution in [0.1, 0.15) is 5.56 Å². The van der Waals surface area contributed by atoms with Gasteiger partial charge in [0.25, 0.3) is 0 Å². The monoisotopic (exact) mass is 253 g/mol. The molecule has 0 aliphatic carbocycles. The number of rotatable bonds is 3. The van der Waals surface area contributed by atoms with Crippen molar-refractivity contribution >= 4 is 17.3 Å². The molecule has 1 unspecified atom stereocenters. The predicted octanol–water partition coefficient (Wildman–Crippen LogP) is 2.98. The van der Waals surface area contributed by atoms with Crippen molar-refractivity contribution in [1.82, 2.24) is 0 Å². The van der Waals surface area contributed by atoms with Crippen LogP contribution in [0.3, 0.4) is 0 Å². The van der Waals surface area contributed by atoms with Crippen LogP contribution in [-0.4, -0.2) is 23.9 Å². The lowest BCUT2D eigenvalue weighted by molar-refractivity contribution is -0.198. The lowest BCUT2D eigenvalue weighted by atomic mass is 10.2. The number of hydrogen-bond acceptors (Lipinski definition) is 2. The molecule has 0 saturated heterocycles. The number of aryl methyl sites for hydroxylation is 1. The number of aliphatic hydroxyl groups excluding tert-OH is 1. The third-order valence-corrected chi connectivity index (χ3v) is 2.39. The number of nitrogens with one attached hydrogen (secondary N) is 1. The minimum absolute atomic E-state index is 0.328. The maximum Gasteiger partial charge on any atom is 0.416 e. The molecule has 1 rings (SSSR count). The fourth-order valence-corrected chi connectivity index (χ4v) is 1.46. The number of benzene rings is 1. The summed E-state index contributed by atoms with van der Waals surface area (Å²) in [5.74, 6) is 0. The maximum absolute atomic E-state index is 12.0. The van der Waals surface area contributed by atoms with Crippen LogP contribution in [0.2, 0.25) is 5.02 Å². The smallest absolute Gasteiger partial charge is 0.382 e. The largest absolute Gasteiger partial charge is 0.416 e. The third kappa shape index (κ3) is 3.28.